The third-order valence-electron chi connectivity index (χ3n) is 5.15. The fourth-order valence-electron chi connectivity index (χ4n) is 3.22. The summed E-state index contributed by atoms with van der Waals surface area (Å²) in [6, 6.07) is 7.51. The highest BCUT2D eigenvalue weighted by Gasteiger charge is 2.36. The number of rotatable bonds is 8. The normalized spacial score (nSPS) is 18.8. The first-order chi connectivity index (χ1) is 14.3. The summed E-state index contributed by atoms with van der Waals surface area (Å²) < 4.78 is 5.48. The number of nitrogens with two attached hydrogens (primary N) is 1. The van der Waals surface area contributed by atoms with Gasteiger partial charge in [0.15, 0.2) is 11.7 Å². The highest BCUT2D eigenvalue weighted by atomic mass is 16.5. The number of carbonyl (C=O) groups excluding carboxylic acids is 2. The van der Waals surface area contributed by atoms with Crippen molar-refractivity contribution in [3.63, 3.8) is 0 Å². The smallest absolute Gasteiger partial charge is 0.232 e. The topological polar surface area (TPSA) is 111 Å². The number of aliphatic imine (C=N–C) groups is 1. The first kappa shape index (κ1) is 21.4. The van der Waals surface area contributed by atoms with E-state index in [1.807, 2.05) is 31.2 Å². The van der Waals surface area contributed by atoms with Gasteiger partial charge in [-0.15, -0.1) is 0 Å². The number of guanidine groups is 1. The molecule has 158 valence electrons. The number of benzene rings is 1. The van der Waals surface area contributed by atoms with Crippen molar-refractivity contribution in [1.29, 1.82) is 0 Å². The fraction of sp³-hybridized carbons (Fsp3) is 0.409. The first-order valence-electron chi connectivity index (χ1n) is 10.0. The van der Waals surface area contributed by atoms with Crippen molar-refractivity contribution in [2.75, 3.05) is 13.7 Å². The number of hydrogen-bond donors (Lipinski definition) is 1. The van der Waals surface area contributed by atoms with E-state index in [1.165, 1.54) is 17.3 Å². The van der Waals surface area contributed by atoms with Crippen molar-refractivity contribution in [3.8, 4) is 5.88 Å². The third kappa shape index (κ3) is 4.82. The molecule has 1 aromatic heterocycles. The van der Waals surface area contributed by atoms with Crippen LogP contribution in [-0.4, -0.2) is 46.2 Å². The summed E-state index contributed by atoms with van der Waals surface area (Å²) in [6.07, 6.45) is 5.27. The molecule has 2 heterocycles. The predicted molar refractivity (Wildman–Crippen MR) is 113 cm³/mol. The van der Waals surface area contributed by atoms with E-state index in [-0.39, 0.29) is 36.2 Å². The van der Waals surface area contributed by atoms with Gasteiger partial charge in [-0.25, -0.2) is 15.0 Å². The predicted octanol–water partition coefficient (Wildman–Crippen LogP) is 2.47. The van der Waals surface area contributed by atoms with Gasteiger partial charge in [-0.1, -0.05) is 37.6 Å². The Kier molecular flexibility index (Phi) is 6.44. The van der Waals surface area contributed by atoms with Crippen molar-refractivity contribution in [3.05, 3.63) is 53.5 Å². The Morgan fingerprint density at radius 2 is 2.10 bits per heavy atom. The average molecular weight is 409 g/mol. The number of aromatic nitrogens is 2. The molecule has 0 bridgehead atoms. The Bertz CT molecular complexity index is 958. The molecule has 2 N–H and O–H groups in total. The van der Waals surface area contributed by atoms with Crippen molar-refractivity contribution in [2.45, 2.75) is 45.1 Å². The minimum absolute atomic E-state index is 0.0944. The number of carbonyl (C=O) groups is 2. The summed E-state index contributed by atoms with van der Waals surface area (Å²) >= 11 is 0. The zero-order chi connectivity index (χ0) is 21.7. The molecule has 1 aliphatic rings. The second-order valence-corrected chi connectivity index (χ2v) is 7.62. The van der Waals surface area contributed by atoms with Crippen LogP contribution < -0.4 is 10.5 Å². The van der Waals surface area contributed by atoms with Crippen molar-refractivity contribution in [2.24, 2.45) is 10.7 Å². The summed E-state index contributed by atoms with van der Waals surface area (Å²) in [6.45, 7) is 4.53. The zero-order valence-corrected chi connectivity index (χ0v) is 17.6. The molecule has 1 aliphatic heterocycles. The minimum Gasteiger partial charge on any atom is -0.477 e. The highest BCUT2D eigenvalue weighted by molar-refractivity contribution is 5.99. The van der Waals surface area contributed by atoms with E-state index in [4.69, 9.17) is 10.5 Å². The van der Waals surface area contributed by atoms with Gasteiger partial charge in [-0.3, -0.25) is 14.5 Å². The van der Waals surface area contributed by atoms with Gasteiger partial charge >= 0.3 is 0 Å². The molecular weight excluding hydrogens is 382 g/mol. The van der Waals surface area contributed by atoms with E-state index >= 15 is 0 Å². The summed E-state index contributed by atoms with van der Waals surface area (Å²) in [7, 11) is 1.61. The summed E-state index contributed by atoms with van der Waals surface area (Å²) in [4.78, 5) is 39.1. The maximum absolute atomic E-state index is 12.6. The number of amides is 1. The number of ether oxygens (including phenoxy) is 1. The molecule has 1 unspecified atom stereocenters. The van der Waals surface area contributed by atoms with E-state index in [2.05, 4.69) is 21.9 Å². The van der Waals surface area contributed by atoms with Crippen LogP contribution in [0.2, 0.25) is 0 Å². The van der Waals surface area contributed by atoms with Crippen LogP contribution in [0, 0.1) is 0 Å². The van der Waals surface area contributed by atoms with Gasteiger partial charge < -0.3 is 10.5 Å². The fourth-order valence-corrected chi connectivity index (χ4v) is 3.22. The summed E-state index contributed by atoms with van der Waals surface area (Å²) in [5.41, 5.74) is 7.07. The van der Waals surface area contributed by atoms with E-state index in [9.17, 15) is 9.59 Å². The van der Waals surface area contributed by atoms with Crippen molar-refractivity contribution >= 4 is 17.6 Å². The molecule has 0 saturated heterocycles. The lowest BCUT2D eigenvalue weighted by Crippen LogP contribution is -2.47. The lowest BCUT2D eigenvalue weighted by molar-refractivity contribution is -0.128. The average Bonchev–Trinajstić information content (AvgIpc) is 2.73. The first-order valence-corrected chi connectivity index (χ1v) is 10.0. The molecule has 8 heteroatoms. The largest absolute Gasteiger partial charge is 0.477 e. The molecule has 0 aliphatic carbocycles. The zero-order valence-electron chi connectivity index (χ0n) is 17.6. The van der Waals surface area contributed by atoms with Crippen LogP contribution in [0.15, 0.2) is 41.7 Å². The Morgan fingerprint density at radius 1 is 1.30 bits per heavy atom. The van der Waals surface area contributed by atoms with E-state index in [1.54, 1.807) is 7.05 Å². The summed E-state index contributed by atoms with van der Waals surface area (Å²) in [5, 5.41) is 0. The van der Waals surface area contributed by atoms with Crippen LogP contribution in [0.1, 0.15) is 54.7 Å². The number of Topliss-reactive ketones (excluding diaryl/α,β-unsaturated/α-hetero) is 1. The molecular formula is C22H27N5O3. The molecule has 30 heavy (non-hydrogen) atoms. The highest BCUT2D eigenvalue weighted by Crippen LogP contribution is 2.33. The van der Waals surface area contributed by atoms with Crippen LogP contribution >= 0.6 is 0 Å². The molecule has 0 saturated carbocycles. The molecule has 1 amide bonds. The van der Waals surface area contributed by atoms with E-state index in [0.29, 0.717) is 12.5 Å². The molecule has 3 rings (SSSR count). The van der Waals surface area contributed by atoms with Crippen LogP contribution in [-0.2, 0) is 16.8 Å². The van der Waals surface area contributed by atoms with Gasteiger partial charge in [0, 0.05) is 13.5 Å². The van der Waals surface area contributed by atoms with Gasteiger partial charge in [0.05, 0.1) is 31.0 Å². The molecule has 0 radical (unpaired) electrons. The monoisotopic (exact) mass is 409 g/mol. The van der Waals surface area contributed by atoms with Gasteiger partial charge in [0.2, 0.25) is 11.8 Å². The second-order valence-electron chi connectivity index (χ2n) is 7.62. The SMILES string of the molecule is CCCCOc1cnc(C(=O)Cc2cccc(C3(C)CC(=O)N(C)C(N)=N3)c2)cn1. The molecule has 0 spiro atoms. The molecule has 0 fully saturated rings. The lowest BCUT2D eigenvalue weighted by atomic mass is 9.86. The van der Waals surface area contributed by atoms with Gasteiger partial charge in [-0.05, 0) is 24.5 Å². The Balaban J connectivity index is 1.72. The summed E-state index contributed by atoms with van der Waals surface area (Å²) in [5.74, 6) is 0.361. The number of ketones is 1. The molecule has 8 nitrogen and oxygen atoms in total. The Labute approximate surface area is 176 Å². The van der Waals surface area contributed by atoms with Crippen molar-refractivity contribution in [1.82, 2.24) is 14.9 Å². The van der Waals surface area contributed by atoms with Crippen LogP contribution in [0.4, 0.5) is 0 Å². The van der Waals surface area contributed by atoms with Crippen LogP contribution in [0.5, 0.6) is 5.88 Å². The third-order valence-corrected chi connectivity index (χ3v) is 5.15. The number of hydrogen-bond acceptors (Lipinski definition) is 7. The number of unbranched alkanes of at least 4 members (excludes halogenated alkanes) is 1. The van der Waals surface area contributed by atoms with Crippen LogP contribution in [0.25, 0.3) is 0 Å². The minimum atomic E-state index is -0.760. The number of nitrogens with zero attached hydrogens (tertiary/aromatic N) is 4. The van der Waals surface area contributed by atoms with Crippen LogP contribution in [0.3, 0.4) is 0 Å². The quantitative estimate of drug-likeness (QED) is 0.530. The molecule has 1 atom stereocenters. The Morgan fingerprint density at radius 3 is 2.77 bits per heavy atom. The molecule has 1 aromatic carbocycles. The van der Waals surface area contributed by atoms with E-state index in [0.717, 1.165) is 24.0 Å². The Hall–Kier alpha value is -3.29. The van der Waals surface area contributed by atoms with Gasteiger partial charge in [0.1, 0.15) is 5.69 Å². The van der Waals surface area contributed by atoms with Gasteiger partial charge in [-0.2, -0.15) is 0 Å². The van der Waals surface area contributed by atoms with Gasteiger partial charge in [0.25, 0.3) is 0 Å². The second kappa shape index (κ2) is 9.02. The molecule has 2 aromatic rings. The van der Waals surface area contributed by atoms with E-state index < -0.39 is 5.54 Å². The lowest BCUT2D eigenvalue weighted by Gasteiger charge is -2.33. The maximum Gasteiger partial charge on any atom is 0.232 e. The standard InChI is InChI=1S/C22H27N5O3/c1-4-5-9-30-19-14-24-17(13-25-19)18(28)11-15-7-6-8-16(10-15)22(2)12-20(29)27(3)21(23)26-22/h6-8,10,13-14H,4-5,9,11-12H2,1-3H3,(H2,23,26). The van der Waals surface area contributed by atoms with Crippen molar-refractivity contribution < 1.29 is 14.3 Å². The maximum atomic E-state index is 12.6.